The molecule has 80 valence electrons. The molecule has 2 fully saturated rings. The molecular weight excluding hydrogens is 184 g/mol. The summed E-state index contributed by atoms with van der Waals surface area (Å²) in [6.45, 7) is 2.22. The molecule has 0 radical (unpaired) electrons. The van der Waals surface area contributed by atoms with Crippen LogP contribution in [-0.2, 0) is 0 Å². The second kappa shape index (κ2) is 2.91. The van der Waals surface area contributed by atoms with Crippen molar-refractivity contribution < 1.29 is 0 Å². The van der Waals surface area contributed by atoms with Crippen LogP contribution in [0.3, 0.4) is 0 Å². The van der Waals surface area contributed by atoms with E-state index in [2.05, 4.69) is 13.0 Å². The average molecular weight is 202 g/mol. The second-order valence-corrected chi connectivity index (χ2v) is 5.06. The van der Waals surface area contributed by atoms with Gasteiger partial charge in [0.2, 0.25) is 0 Å². The Bertz CT molecular complexity index is 415. The lowest BCUT2D eigenvalue weighted by molar-refractivity contribution is 1.04. The molecule has 4 N–H and O–H groups in total. The number of anilines is 2. The highest BCUT2D eigenvalue weighted by Crippen LogP contribution is 2.50. The fourth-order valence-electron chi connectivity index (χ4n) is 2.58. The Kier molecular flexibility index (Phi) is 1.76. The van der Waals surface area contributed by atoms with Crippen LogP contribution in [0, 0.1) is 6.92 Å². The summed E-state index contributed by atoms with van der Waals surface area (Å²) in [5.74, 6) is 1.47. The maximum absolute atomic E-state index is 6.09. The van der Waals surface area contributed by atoms with Gasteiger partial charge < -0.3 is 11.5 Å². The molecular formula is C13H18N2. The quantitative estimate of drug-likeness (QED) is 0.724. The van der Waals surface area contributed by atoms with Crippen molar-refractivity contribution >= 4 is 11.4 Å². The molecule has 0 amide bonds. The van der Waals surface area contributed by atoms with Gasteiger partial charge in [0.1, 0.15) is 0 Å². The molecule has 2 heteroatoms. The minimum absolute atomic E-state index is 0.700. The molecule has 0 bridgehead atoms. The van der Waals surface area contributed by atoms with E-state index in [4.69, 9.17) is 11.5 Å². The molecule has 2 aliphatic rings. The van der Waals surface area contributed by atoms with E-state index in [0.29, 0.717) is 5.92 Å². The molecule has 2 nitrogen and oxygen atoms in total. The van der Waals surface area contributed by atoms with Crippen LogP contribution in [0.2, 0.25) is 0 Å². The lowest BCUT2D eigenvalue weighted by atomic mass is 9.93. The van der Waals surface area contributed by atoms with Crippen molar-refractivity contribution in [3.63, 3.8) is 0 Å². The van der Waals surface area contributed by atoms with Crippen molar-refractivity contribution in [2.24, 2.45) is 0 Å². The Balaban J connectivity index is 2.16. The van der Waals surface area contributed by atoms with Crippen LogP contribution in [0.15, 0.2) is 6.07 Å². The van der Waals surface area contributed by atoms with Crippen LogP contribution >= 0.6 is 0 Å². The zero-order valence-electron chi connectivity index (χ0n) is 9.22. The molecule has 1 aromatic carbocycles. The highest BCUT2D eigenvalue weighted by atomic mass is 14.7. The first kappa shape index (κ1) is 9.08. The molecule has 1 aromatic rings. The predicted molar refractivity (Wildman–Crippen MR) is 64.0 cm³/mol. The maximum Gasteiger partial charge on any atom is 0.0586 e. The van der Waals surface area contributed by atoms with Crippen molar-refractivity contribution in [3.05, 3.63) is 22.8 Å². The van der Waals surface area contributed by atoms with E-state index in [1.165, 1.54) is 42.4 Å². The van der Waals surface area contributed by atoms with Crippen LogP contribution in [0.1, 0.15) is 54.2 Å². The van der Waals surface area contributed by atoms with Crippen molar-refractivity contribution in [2.45, 2.75) is 44.4 Å². The monoisotopic (exact) mass is 202 g/mol. The third-order valence-corrected chi connectivity index (χ3v) is 3.75. The number of hydrogen-bond donors (Lipinski definition) is 2. The molecule has 0 aromatic heterocycles. The summed E-state index contributed by atoms with van der Waals surface area (Å²) in [5.41, 5.74) is 18.0. The molecule has 0 spiro atoms. The van der Waals surface area contributed by atoms with Gasteiger partial charge in [0, 0.05) is 0 Å². The molecule has 0 aliphatic heterocycles. The van der Waals surface area contributed by atoms with Gasteiger partial charge in [-0.2, -0.15) is 0 Å². The van der Waals surface area contributed by atoms with E-state index in [0.717, 1.165) is 17.3 Å². The third kappa shape index (κ3) is 1.39. The summed E-state index contributed by atoms with van der Waals surface area (Å²) in [6, 6.07) is 2.11. The molecule has 0 saturated heterocycles. The minimum atomic E-state index is 0.700. The first-order valence-corrected chi connectivity index (χ1v) is 5.87. The van der Waals surface area contributed by atoms with Crippen molar-refractivity contribution in [1.82, 2.24) is 0 Å². The third-order valence-electron chi connectivity index (χ3n) is 3.75. The Morgan fingerprint density at radius 1 is 1.07 bits per heavy atom. The molecule has 2 aliphatic carbocycles. The number of hydrogen-bond acceptors (Lipinski definition) is 2. The molecule has 0 atom stereocenters. The SMILES string of the molecule is Cc1c(C2CC2)cc(N)c(N)c1C1CC1. The van der Waals surface area contributed by atoms with Crippen LogP contribution in [0.4, 0.5) is 11.4 Å². The van der Waals surface area contributed by atoms with E-state index in [1.54, 1.807) is 0 Å². The first-order valence-electron chi connectivity index (χ1n) is 5.87. The highest BCUT2D eigenvalue weighted by molar-refractivity contribution is 5.73. The van der Waals surface area contributed by atoms with E-state index >= 15 is 0 Å². The van der Waals surface area contributed by atoms with Gasteiger partial charge in [0.15, 0.2) is 0 Å². The maximum atomic E-state index is 6.09. The topological polar surface area (TPSA) is 52.0 Å². The summed E-state index contributed by atoms with van der Waals surface area (Å²) in [5, 5.41) is 0. The Labute approximate surface area is 90.7 Å². The number of rotatable bonds is 2. The number of nitrogens with two attached hydrogens (primary N) is 2. The smallest absolute Gasteiger partial charge is 0.0586 e. The lowest BCUT2D eigenvalue weighted by Crippen LogP contribution is -2.04. The van der Waals surface area contributed by atoms with Crippen LogP contribution in [0.25, 0.3) is 0 Å². The van der Waals surface area contributed by atoms with Gasteiger partial charge in [-0.1, -0.05) is 0 Å². The Hall–Kier alpha value is -1.18. The average Bonchev–Trinajstić information content (AvgIpc) is 2.99. The van der Waals surface area contributed by atoms with Gasteiger partial charge in [-0.15, -0.1) is 0 Å². The zero-order chi connectivity index (χ0) is 10.6. The van der Waals surface area contributed by atoms with Crippen LogP contribution in [0.5, 0.6) is 0 Å². The number of benzene rings is 1. The van der Waals surface area contributed by atoms with Gasteiger partial charge in [0.05, 0.1) is 11.4 Å². The fraction of sp³-hybridized carbons (Fsp3) is 0.538. The summed E-state index contributed by atoms with van der Waals surface area (Å²) in [7, 11) is 0. The summed E-state index contributed by atoms with van der Waals surface area (Å²) >= 11 is 0. The zero-order valence-corrected chi connectivity index (χ0v) is 9.22. The summed E-state index contributed by atoms with van der Waals surface area (Å²) in [6.07, 6.45) is 5.24. The largest absolute Gasteiger partial charge is 0.397 e. The highest BCUT2D eigenvalue weighted by Gasteiger charge is 2.32. The molecule has 3 rings (SSSR count). The Morgan fingerprint density at radius 3 is 2.20 bits per heavy atom. The fourth-order valence-corrected chi connectivity index (χ4v) is 2.58. The van der Waals surface area contributed by atoms with E-state index in [1.807, 2.05) is 0 Å². The van der Waals surface area contributed by atoms with Gasteiger partial charge in [0.25, 0.3) is 0 Å². The van der Waals surface area contributed by atoms with Gasteiger partial charge in [-0.25, -0.2) is 0 Å². The summed E-state index contributed by atoms with van der Waals surface area (Å²) < 4.78 is 0. The van der Waals surface area contributed by atoms with E-state index in [9.17, 15) is 0 Å². The summed E-state index contributed by atoms with van der Waals surface area (Å²) in [4.78, 5) is 0. The first-order chi connectivity index (χ1) is 7.18. The predicted octanol–water partition coefficient (Wildman–Crippen LogP) is 2.91. The second-order valence-electron chi connectivity index (χ2n) is 5.06. The lowest BCUT2D eigenvalue weighted by Gasteiger charge is -2.15. The Morgan fingerprint density at radius 2 is 1.67 bits per heavy atom. The molecule has 0 unspecified atom stereocenters. The normalized spacial score (nSPS) is 20.6. The van der Waals surface area contributed by atoms with Crippen molar-refractivity contribution in [3.8, 4) is 0 Å². The van der Waals surface area contributed by atoms with Gasteiger partial charge in [-0.05, 0) is 67.2 Å². The van der Waals surface area contributed by atoms with Crippen LogP contribution < -0.4 is 11.5 Å². The van der Waals surface area contributed by atoms with Crippen LogP contribution in [-0.4, -0.2) is 0 Å². The van der Waals surface area contributed by atoms with Gasteiger partial charge >= 0.3 is 0 Å². The van der Waals surface area contributed by atoms with Gasteiger partial charge in [-0.3, -0.25) is 0 Å². The standard InChI is InChI=1S/C13H18N2/c1-7-10(8-2-3-8)6-11(14)13(15)12(7)9-4-5-9/h6,8-9H,2-5,14-15H2,1H3. The molecule has 2 saturated carbocycles. The van der Waals surface area contributed by atoms with Crippen molar-refractivity contribution in [1.29, 1.82) is 0 Å². The van der Waals surface area contributed by atoms with Crippen molar-refractivity contribution in [2.75, 3.05) is 11.5 Å². The number of nitrogen functional groups attached to an aromatic ring is 2. The molecule has 0 heterocycles. The van der Waals surface area contributed by atoms with E-state index in [-0.39, 0.29) is 0 Å². The minimum Gasteiger partial charge on any atom is -0.397 e. The molecule has 15 heavy (non-hydrogen) atoms. The van der Waals surface area contributed by atoms with E-state index < -0.39 is 0 Å².